The van der Waals surface area contributed by atoms with E-state index in [0.29, 0.717) is 36.3 Å². The van der Waals surface area contributed by atoms with Crippen molar-refractivity contribution in [1.82, 2.24) is 19.9 Å². The summed E-state index contributed by atoms with van der Waals surface area (Å²) in [6, 6.07) is 6.45. The Morgan fingerprint density at radius 1 is 1.19 bits per heavy atom. The van der Waals surface area contributed by atoms with Gasteiger partial charge in [0.15, 0.2) is 11.6 Å². The molecular weight excluding hydrogens is 532 g/mol. The lowest BCUT2D eigenvalue weighted by Gasteiger charge is -2.37. The minimum absolute atomic E-state index is 0.0387. The molecule has 1 aliphatic carbocycles. The lowest BCUT2D eigenvalue weighted by molar-refractivity contribution is -0.141. The van der Waals surface area contributed by atoms with Crippen molar-refractivity contribution in [1.29, 1.82) is 0 Å². The predicted molar refractivity (Wildman–Crippen MR) is 158 cm³/mol. The third kappa shape index (κ3) is 5.25. The van der Waals surface area contributed by atoms with Crippen LogP contribution in [0.3, 0.4) is 0 Å². The van der Waals surface area contributed by atoms with Gasteiger partial charge in [-0.05, 0) is 75.3 Å². The zero-order valence-electron chi connectivity index (χ0n) is 24.4. The van der Waals surface area contributed by atoms with Crippen molar-refractivity contribution < 1.29 is 19.0 Å². The molecule has 218 valence electrons. The van der Waals surface area contributed by atoms with E-state index in [1.54, 1.807) is 12.4 Å². The van der Waals surface area contributed by atoms with Gasteiger partial charge in [0, 0.05) is 30.5 Å². The molecule has 10 heteroatoms. The Morgan fingerprint density at radius 3 is 2.81 bits per heavy atom. The molecule has 4 aliphatic rings. The Hall–Kier alpha value is -3.89. The molecule has 1 amide bonds. The Labute approximate surface area is 245 Å². The van der Waals surface area contributed by atoms with Crippen LogP contribution in [0.5, 0.6) is 5.88 Å². The summed E-state index contributed by atoms with van der Waals surface area (Å²) in [6.07, 6.45) is 8.17. The maximum atomic E-state index is 14.0. The van der Waals surface area contributed by atoms with Gasteiger partial charge in [-0.15, -0.1) is 0 Å². The van der Waals surface area contributed by atoms with Crippen LogP contribution in [0.15, 0.2) is 43.4 Å². The van der Waals surface area contributed by atoms with Crippen molar-refractivity contribution in [3.8, 4) is 17.1 Å². The van der Waals surface area contributed by atoms with Crippen LogP contribution in [0.25, 0.3) is 16.8 Å². The van der Waals surface area contributed by atoms with E-state index in [1.807, 2.05) is 37.9 Å². The molecule has 0 radical (unpaired) electrons. The minimum Gasteiger partial charge on any atom is -0.474 e. The molecule has 3 fully saturated rings. The summed E-state index contributed by atoms with van der Waals surface area (Å²) in [5, 5.41) is 0. The summed E-state index contributed by atoms with van der Waals surface area (Å²) in [5.41, 5.74) is 6.38. The molecule has 3 aliphatic heterocycles. The van der Waals surface area contributed by atoms with Gasteiger partial charge < -0.3 is 19.1 Å². The minimum atomic E-state index is -0.619. The Morgan fingerprint density at radius 2 is 2.05 bits per heavy atom. The molecule has 7 rings (SSSR count). The zero-order valence-corrected chi connectivity index (χ0v) is 24.4. The van der Waals surface area contributed by atoms with Crippen LogP contribution in [0.4, 0.5) is 11.5 Å². The van der Waals surface area contributed by atoms with E-state index in [4.69, 9.17) is 19.2 Å². The number of fused-ring (bicyclic) bond motifs is 4. The maximum Gasteiger partial charge on any atom is 0.233 e. The molecule has 0 spiro atoms. The number of rotatable bonds is 8. The molecule has 1 saturated carbocycles. The number of pyridine rings is 2. The smallest absolute Gasteiger partial charge is 0.233 e. The van der Waals surface area contributed by atoms with Crippen molar-refractivity contribution in [3.63, 3.8) is 0 Å². The van der Waals surface area contributed by atoms with Gasteiger partial charge in [-0.25, -0.2) is 9.97 Å². The zero-order chi connectivity index (χ0) is 29.0. The molecule has 3 aromatic heterocycles. The van der Waals surface area contributed by atoms with Gasteiger partial charge in [0.25, 0.3) is 0 Å². The van der Waals surface area contributed by atoms with Crippen LogP contribution < -0.4 is 14.5 Å². The summed E-state index contributed by atoms with van der Waals surface area (Å²) < 4.78 is 17.3. The number of carbonyl (C=O) groups excluding carboxylic acids is 1. The number of hydrogen-bond acceptors (Lipinski definition) is 9. The van der Waals surface area contributed by atoms with Crippen LogP contribution in [-0.2, 0) is 14.3 Å². The fraction of sp³-hybridized carbons (Fsp3) is 0.469. The van der Waals surface area contributed by atoms with E-state index in [-0.39, 0.29) is 24.5 Å². The third-order valence-corrected chi connectivity index (χ3v) is 8.39. The largest absolute Gasteiger partial charge is 0.474 e. The number of nitrogens with zero attached hydrogens (tertiary/aromatic N) is 6. The topological polar surface area (TPSA) is 103 Å². The molecular formula is C32H36N6O4. The molecule has 2 bridgehead atoms. The number of anilines is 2. The average molecular weight is 569 g/mol. The second kappa shape index (κ2) is 10.4. The first kappa shape index (κ1) is 27.0. The molecule has 2 saturated heterocycles. The van der Waals surface area contributed by atoms with E-state index in [9.17, 15) is 4.79 Å². The first-order valence-electron chi connectivity index (χ1n) is 14.7. The second-order valence-corrected chi connectivity index (χ2v) is 12.2. The van der Waals surface area contributed by atoms with Crippen LogP contribution >= 0.6 is 0 Å². The quantitative estimate of drug-likeness (QED) is 0.383. The lowest BCUT2D eigenvalue weighted by Crippen LogP contribution is -2.46. The highest BCUT2D eigenvalue weighted by Crippen LogP contribution is 2.49. The number of aromatic nitrogens is 4. The molecule has 42 heavy (non-hydrogen) atoms. The van der Waals surface area contributed by atoms with Gasteiger partial charge in [0.1, 0.15) is 12.7 Å². The van der Waals surface area contributed by atoms with Crippen molar-refractivity contribution in [3.05, 3.63) is 60.3 Å². The first-order chi connectivity index (χ1) is 20.2. The predicted octanol–water partition coefficient (Wildman–Crippen LogP) is 4.68. The van der Waals surface area contributed by atoms with Gasteiger partial charge in [0.05, 0.1) is 48.5 Å². The normalized spacial score (nSPS) is 22.3. The Kier molecular flexibility index (Phi) is 6.70. The fourth-order valence-corrected chi connectivity index (χ4v) is 6.18. The maximum absolute atomic E-state index is 14.0. The van der Waals surface area contributed by atoms with Crippen molar-refractivity contribution in [2.75, 3.05) is 36.1 Å². The molecule has 0 N–H and O–H groups in total. The van der Waals surface area contributed by atoms with Gasteiger partial charge in [-0.2, -0.15) is 0 Å². The van der Waals surface area contributed by atoms with Crippen molar-refractivity contribution in [2.24, 2.45) is 0 Å². The summed E-state index contributed by atoms with van der Waals surface area (Å²) in [4.78, 5) is 36.8. The van der Waals surface area contributed by atoms with Crippen molar-refractivity contribution in [2.45, 2.75) is 70.3 Å². The monoisotopic (exact) mass is 568 g/mol. The fourth-order valence-electron chi connectivity index (χ4n) is 6.18. The summed E-state index contributed by atoms with van der Waals surface area (Å²) in [6.45, 7) is 12.4. The highest BCUT2D eigenvalue weighted by Gasteiger charge is 2.42. The van der Waals surface area contributed by atoms with Gasteiger partial charge in [-0.3, -0.25) is 19.7 Å². The van der Waals surface area contributed by atoms with E-state index >= 15 is 0 Å². The third-order valence-electron chi connectivity index (χ3n) is 8.39. The lowest BCUT2D eigenvalue weighted by atomic mass is 10.00. The highest BCUT2D eigenvalue weighted by molar-refractivity contribution is 6.02. The van der Waals surface area contributed by atoms with Crippen molar-refractivity contribution >= 4 is 23.0 Å². The average Bonchev–Trinajstić information content (AvgIpc) is 3.64. The van der Waals surface area contributed by atoms with Gasteiger partial charge in [0.2, 0.25) is 11.8 Å². The molecule has 3 aromatic rings. The standard InChI is InChI=1S/C32H36N6O4/c1-19(26-14-33-15-28(35-26)40-17-24-18-41-32(3,4)42-24)11-29(39)38-23-8-10-37(16-23)27-13-25(21-5-6-21)30(36-31(27)38)22-7-9-34-20(2)12-22/h7,9,12-15,21,23-24H,1,5-6,8,10-11,16-18H2,2-4H3/t23-,24+/m0/s1. The number of carbonyl (C=O) groups is 1. The SMILES string of the molecule is C=C(CC(=O)N1c2nc(-c3ccnc(C)c3)c(C3CC3)cc2N2CC[C@H]1C2)c1cncc(OC[C@@H]2COC(C)(C)O2)n1. The van der Waals surface area contributed by atoms with Gasteiger partial charge in [-0.1, -0.05) is 6.58 Å². The van der Waals surface area contributed by atoms with Crippen LogP contribution in [0.2, 0.25) is 0 Å². The van der Waals surface area contributed by atoms with Crippen LogP contribution in [-0.4, -0.2) is 70.1 Å². The Bertz CT molecular complexity index is 1550. The molecule has 10 nitrogen and oxygen atoms in total. The van der Waals surface area contributed by atoms with Crippen LogP contribution in [0, 0.1) is 6.92 Å². The molecule has 0 unspecified atom stereocenters. The molecule has 6 heterocycles. The summed E-state index contributed by atoms with van der Waals surface area (Å²) in [5.74, 6) is 0.952. The number of ether oxygens (including phenoxy) is 3. The molecule has 0 aromatic carbocycles. The van der Waals surface area contributed by atoms with E-state index in [1.165, 1.54) is 18.4 Å². The summed E-state index contributed by atoms with van der Waals surface area (Å²) >= 11 is 0. The number of hydrogen-bond donors (Lipinski definition) is 0. The summed E-state index contributed by atoms with van der Waals surface area (Å²) in [7, 11) is 0. The number of amides is 1. The number of aryl methyl sites for hydroxylation is 1. The molecule has 2 atom stereocenters. The van der Waals surface area contributed by atoms with Gasteiger partial charge >= 0.3 is 0 Å². The Balaban J connectivity index is 1.13. The van der Waals surface area contributed by atoms with E-state index < -0.39 is 5.79 Å². The van der Waals surface area contributed by atoms with Crippen LogP contribution in [0.1, 0.15) is 62.4 Å². The first-order valence-corrected chi connectivity index (χ1v) is 14.7. The van der Waals surface area contributed by atoms with E-state index in [0.717, 1.165) is 48.0 Å². The van der Waals surface area contributed by atoms with E-state index in [2.05, 4.69) is 38.6 Å². The highest BCUT2D eigenvalue weighted by atomic mass is 16.7. The second-order valence-electron chi connectivity index (χ2n) is 12.2.